The first-order valence-electron chi connectivity index (χ1n) is 4.78. The quantitative estimate of drug-likeness (QED) is 0.750. The fourth-order valence-corrected chi connectivity index (χ4v) is 3.14. The van der Waals surface area contributed by atoms with Crippen LogP contribution >= 0.6 is 0 Å². The van der Waals surface area contributed by atoms with Crippen molar-refractivity contribution in [3.8, 4) is 0 Å². The van der Waals surface area contributed by atoms with Gasteiger partial charge in [0.2, 0.25) is 8.96 Å². The molecule has 0 saturated carbocycles. The molecule has 1 aromatic rings. The highest BCUT2D eigenvalue weighted by molar-refractivity contribution is 6.70. The molecule has 1 aromatic carbocycles. The lowest BCUT2D eigenvalue weighted by Gasteiger charge is -2.25. The van der Waals surface area contributed by atoms with E-state index in [0.717, 1.165) is 5.19 Å². The minimum Gasteiger partial charge on any atom is -0.328 e. The Morgan fingerprint density at radius 2 is 1.79 bits per heavy atom. The summed E-state index contributed by atoms with van der Waals surface area (Å²) in [6.07, 6.45) is -0.272. The topological polar surface area (TPSA) is 12.0 Å². The van der Waals surface area contributed by atoms with E-state index in [4.69, 9.17) is 0 Å². The van der Waals surface area contributed by atoms with E-state index in [1.165, 1.54) is 0 Å². The maximum absolute atomic E-state index is 12.9. The van der Waals surface area contributed by atoms with Crippen LogP contribution in [0.25, 0.3) is 0 Å². The van der Waals surface area contributed by atoms with Crippen LogP contribution in [0.5, 0.6) is 0 Å². The molecule has 1 rings (SSSR count). The van der Waals surface area contributed by atoms with Crippen LogP contribution in [0.2, 0.25) is 0 Å². The predicted molar refractivity (Wildman–Crippen MR) is 60.7 cm³/mol. The summed E-state index contributed by atoms with van der Waals surface area (Å²) in [5.74, 6) is 0. The number of benzene rings is 1. The molecular weight excluding hydrogens is 193 g/mol. The number of halogens is 1. The molecule has 0 aliphatic rings. The van der Waals surface area contributed by atoms with Crippen molar-refractivity contribution >= 4 is 14.1 Å². The number of alkyl halides is 1. The van der Waals surface area contributed by atoms with Crippen LogP contribution in [-0.2, 0) is 0 Å². The first kappa shape index (κ1) is 11.4. The van der Waals surface area contributed by atoms with Crippen molar-refractivity contribution in [3.63, 3.8) is 0 Å². The molecule has 77 valence electrons. The van der Waals surface area contributed by atoms with Gasteiger partial charge in [-0.2, -0.15) is 0 Å². The lowest BCUT2D eigenvalue weighted by molar-refractivity contribution is 0.502. The summed E-state index contributed by atoms with van der Waals surface area (Å²) < 4.78 is 12.9. The Morgan fingerprint density at radius 1 is 1.21 bits per heavy atom. The lowest BCUT2D eigenvalue weighted by Crippen LogP contribution is -2.55. The Bertz CT molecular complexity index is 268. The third kappa shape index (κ3) is 3.60. The van der Waals surface area contributed by atoms with Crippen molar-refractivity contribution in [1.29, 1.82) is 0 Å². The minimum atomic E-state index is -1.24. The van der Waals surface area contributed by atoms with Crippen LogP contribution in [0, 0.1) is 0 Å². The second-order valence-electron chi connectivity index (χ2n) is 4.35. The van der Waals surface area contributed by atoms with Gasteiger partial charge in [0.15, 0.2) is 0 Å². The van der Waals surface area contributed by atoms with Crippen molar-refractivity contribution in [2.75, 3.05) is 6.30 Å². The number of hydrogen-bond donors (Lipinski definition) is 1. The summed E-state index contributed by atoms with van der Waals surface area (Å²) in [6.45, 7) is 6.20. The normalized spacial score (nSPS) is 12.1. The van der Waals surface area contributed by atoms with Gasteiger partial charge in [0.1, 0.15) is 0 Å². The maximum atomic E-state index is 12.9. The van der Waals surface area contributed by atoms with Crippen molar-refractivity contribution < 1.29 is 4.39 Å². The van der Waals surface area contributed by atoms with E-state index in [1.54, 1.807) is 0 Å². The molecule has 1 radical (unpaired) electrons. The summed E-state index contributed by atoms with van der Waals surface area (Å²) in [5, 5.41) is 1.11. The monoisotopic (exact) mass is 210 g/mol. The molecule has 0 unspecified atom stereocenters. The summed E-state index contributed by atoms with van der Waals surface area (Å²) >= 11 is 0. The van der Waals surface area contributed by atoms with Crippen molar-refractivity contribution in [2.24, 2.45) is 0 Å². The summed E-state index contributed by atoms with van der Waals surface area (Å²) in [5.41, 5.74) is -0.0176. The third-order valence-electron chi connectivity index (χ3n) is 1.78. The van der Waals surface area contributed by atoms with Crippen molar-refractivity contribution in [3.05, 3.63) is 30.3 Å². The number of rotatable bonds is 3. The first-order chi connectivity index (χ1) is 6.53. The van der Waals surface area contributed by atoms with Crippen LogP contribution in [0.15, 0.2) is 30.3 Å². The van der Waals surface area contributed by atoms with Crippen LogP contribution in [0.4, 0.5) is 4.39 Å². The van der Waals surface area contributed by atoms with Crippen LogP contribution in [0.1, 0.15) is 20.8 Å². The minimum absolute atomic E-state index is 0.0176. The van der Waals surface area contributed by atoms with E-state index in [2.05, 4.69) is 25.8 Å². The molecule has 0 bridgehead atoms. The maximum Gasteiger partial charge on any atom is 0.205 e. The van der Waals surface area contributed by atoms with Gasteiger partial charge in [0.25, 0.3) is 0 Å². The Balaban J connectivity index is 2.73. The average Bonchev–Trinajstić information content (AvgIpc) is 2.14. The molecule has 3 heteroatoms. The van der Waals surface area contributed by atoms with Gasteiger partial charge in [-0.1, -0.05) is 30.3 Å². The van der Waals surface area contributed by atoms with E-state index in [9.17, 15) is 4.39 Å². The summed E-state index contributed by atoms with van der Waals surface area (Å²) in [7, 11) is -1.24. The molecule has 1 N–H and O–H groups in total. The zero-order valence-electron chi connectivity index (χ0n) is 8.97. The standard InChI is InChI=1S/C11H17FNSi/c1-11(2,3)13-14(9-12)10-7-5-4-6-8-10/h4-8,13H,9H2,1-3H3. The Labute approximate surface area is 87.0 Å². The molecular formula is C11H17FNSi. The van der Waals surface area contributed by atoms with Gasteiger partial charge in [-0.15, -0.1) is 0 Å². The molecule has 0 saturated heterocycles. The van der Waals surface area contributed by atoms with Crippen molar-refractivity contribution in [2.45, 2.75) is 26.3 Å². The molecule has 14 heavy (non-hydrogen) atoms. The van der Waals surface area contributed by atoms with Gasteiger partial charge in [-0.25, -0.2) is 0 Å². The van der Waals surface area contributed by atoms with Gasteiger partial charge in [0, 0.05) is 5.54 Å². The van der Waals surface area contributed by atoms with Gasteiger partial charge in [-0.05, 0) is 26.0 Å². The SMILES string of the molecule is CC(C)(C)N[Si](CF)c1ccccc1. The average molecular weight is 210 g/mol. The van der Waals surface area contributed by atoms with Crippen molar-refractivity contribution in [1.82, 2.24) is 4.98 Å². The van der Waals surface area contributed by atoms with E-state index < -0.39 is 8.96 Å². The van der Waals surface area contributed by atoms with Gasteiger partial charge in [0.05, 0.1) is 6.30 Å². The van der Waals surface area contributed by atoms with Gasteiger partial charge < -0.3 is 4.98 Å². The van der Waals surface area contributed by atoms with E-state index in [1.807, 2.05) is 30.3 Å². The molecule has 0 aliphatic carbocycles. The largest absolute Gasteiger partial charge is 0.328 e. The highest BCUT2D eigenvalue weighted by atomic mass is 28.3. The molecule has 1 nitrogen and oxygen atoms in total. The summed E-state index contributed by atoms with van der Waals surface area (Å²) in [6, 6.07) is 9.86. The highest BCUT2D eigenvalue weighted by Gasteiger charge is 2.20. The van der Waals surface area contributed by atoms with E-state index >= 15 is 0 Å². The van der Waals surface area contributed by atoms with Gasteiger partial charge >= 0.3 is 0 Å². The molecule has 0 atom stereocenters. The van der Waals surface area contributed by atoms with Gasteiger partial charge in [-0.3, -0.25) is 4.39 Å². The first-order valence-corrected chi connectivity index (χ1v) is 6.49. The van der Waals surface area contributed by atoms with E-state index in [-0.39, 0.29) is 11.8 Å². The van der Waals surface area contributed by atoms with E-state index in [0.29, 0.717) is 0 Å². The number of hydrogen-bond acceptors (Lipinski definition) is 1. The fourth-order valence-electron chi connectivity index (χ4n) is 1.27. The number of nitrogens with one attached hydrogen (secondary N) is 1. The molecule has 0 fully saturated rings. The molecule has 0 spiro atoms. The van der Waals surface area contributed by atoms with Crippen LogP contribution < -0.4 is 10.2 Å². The van der Waals surface area contributed by atoms with Crippen LogP contribution in [-0.4, -0.2) is 20.8 Å². The second kappa shape index (κ2) is 4.71. The molecule has 0 aliphatic heterocycles. The zero-order valence-corrected chi connectivity index (χ0v) is 9.97. The molecule has 0 aromatic heterocycles. The highest BCUT2D eigenvalue weighted by Crippen LogP contribution is 2.00. The Morgan fingerprint density at radius 3 is 2.21 bits per heavy atom. The molecule has 0 heterocycles. The predicted octanol–water partition coefficient (Wildman–Crippen LogP) is 1.78. The zero-order chi connectivity index (χ0) is 10.6. The van der Waals surface area contributed by atoms with Crippen LogP contribution in [0.3, 0.4) is 0 Å². The second-order valence-corrected chi connectivity index (χ2v) is 6.40. The smallest absolute Gasteiger partial charge is 0.205 e. The fraction of sp³-hybridized carbons (Fsp3) is 0.455. The lowest BCUT2D eigenvalue weighted by atomic mass is 10.1. The Hall–Kier alpha value is -0.673. The third-order valence-corrected chi connectivity index (χ3v) is 4.13. The summed E-state index contributed by atoms with van der Waals surface area (Å²) in [4.78, 5) is 3.35. The molecule has 0 amide bonds. The Kier molecular flexibility index (Phi) is 3.83.